The molecular weight excluding hydrogens is 328 g/mol. The maximum Gasteiger partial charge on any atom is 0.573 e. The molecule has 21 heavy (non-hydrogen) atoms. The van der Waals surface area contributed by atoms with Crippen LogP contribution in [0.25, 0.3) is 0 Å². The SMILES string of the molecule is OC(c1ccc(Cl)cc1Cl)c1ccccc1OC(F)(F)F. The van der Waals surface area contributed by atoms with Crippen LogP contribution in [0, 0.1) is 0 Å². The summed E-state index contributed by atoms with van der Waals surface area (Å²) in [7, 11) is 0. The summed E-state index contributed by atoms with van der Waals surface area (Å²) in [6.07, 6.45) is -6.21. The van der Waals surface area contributed by atoms with E-state index in [9.17, 15) is 18.3 Å². The standard InChI is InChI=1S/C14H9Cl2F3O2/c15-8-5-6-9(11(16)7-8)13(20)10-3-1-2-4-12(10)21-14(17,18)19/h1-7,13,20H. The van der Waals surface area contributed by atoms with Gasteiger partial charge in [-0.05, 0) is 18.2 Å². The van der Waals surface area contributed by atoms with Gasteiger partial charge in [0.1, 0.15) is 11.9 Å². The predicted octanol–water partition coefficient (Wildman–Crippen LogP) is 4.97. The summed E-state index contributed by atoms with van der Waals surface area (Å²) in [5, 5.41) is 10.8. The van der Waals surface area contributed by atoms with Crippen molar-refractivity contribution in [2.45, 2.75) is 12.5 Å². The topological polar surface area (TPSA) is 29.5 Å². The Morgan fingerprint density at radius 3 is 2.29 bits per heavy atom. The Hall–Kier alpha value is -1.43. The van der Waals surface area contributed by atoms with Crippen LogP contribution in [0.5, 0.6) is 5.75 Å². The van der Waals surface area contributed by atoms with E-state index in [4.69, 9.17) is 23.2 Å². The molecule has 0 spiro atoms. The second-order valence-corrected chi connectivity index (χ2v) is 5.00. The molecule has 112 valence electrons. The highest BCUT2D eigenvalue weighted by Gasteiger charge is 2.33. The first-order valence-electron chi connectivity index (χ1n) is 5.75. The zero-order chi connectivity index (χ0) is 15.6. The largest absolute Gasteiger partial charge is 0.573 e. The second kappa shape index (κ2) is 6.13. The van der Waals surface area contributed by atoms with E-state index in [0.29, 0.717) is 5.02 Å². The Balaban J connectivity index is 2.41. The highest BCUT2D eigenvalue weighted by molar-refractivity contribution is 6.35. The number of ether oxygens (including phenoxy) is 1. The van der Waals surface area contributed by atoms with Gasteiger partial charge in [-0.3, -0.25) is 0 Å². The van der Waals surface area contributed by atoms with Crippen LogP contribution in [0.4, 0.5) is 13.2 Å². The Kier molecular flexibility index (Phi) is 4.66. The van der Waals surface area contributed by atoms with Crippen LogP contribution >= 0.6 is 23.2 Å². The molecule has 7 heteroatoms. The first kappa shape index (κ1) is 15.9. The van der Waals surface area contributed by atoms with Crippen molar-refractivity contribution in [1.82, 2.24) is 0 Å². The maximum absolute atomic E-state index is 12.4. The zero-order valence-corrected chi connectivity index (χ0v) is 11.9. The van der Waals surface area contributed by atoms with Crippen molar-refractivity contribution in [3.05, 3.63) is 63.6 Å². The molecule has 0 saturated carbocycles. The van der Waals surface area contributed by atoms with E-state index in [2.05, 4.69) is 4.74 Å². The van der Waals surface area contributed by atoms with Gasteiger partial charge in [0.2, 0.25) is 0 Å². The number of rotatable bonds is 3. The minimum atomic E-state index is -4.85. The number of benzene rings is 2. The monoisotopic (exact) mass is 336 g/mol. The number of aliphatic hydroxyl groups is 1. The normalized spacial score (nSPS) is 13.0. The van der Waals surface area contributed by atoms with E-state index in [0.717, 1.165) is 6.07 Å². The van der Waals surface area contributed by atoms with Crippen LogP contribution in [-0.4, -0.2) is 11.5 Å². The molecule has 0 saturated heterocycles. The predicted molar refractivity (Wildman–Crippen MR) is 73.6 cm³/mol. The number of aliphatic hydroxyl groups excluding tert-OH is 1. The lowest BCUT2D eigenvalue weighted by Gasteiger charge is -2.18. The molecule has 0 radical (unpaired) electrons. The summed E-state index contributed by atoms with van der Waals surface area (Å²) < 4.78 is 41.0. The first-order chi connectivity index (χ1) is 9.78. The first-order valence-corrected chi connectivity index (χ1v) is 6.51. The van der Waals surface area contributed by atoms with Crippen molar-refractivity contribution in [2.75, 3.05) is 0 Å². The van der Waals surface area contributed by atoms with E-state index in [1.165, 1.54) is 36.4 Å². The molecule has 2 aromatic carbocycles. The molecule has 2 rings (SSSR count). The molecule has 0 amide bonds. The Morgan fingerprint density at radius 2 is 1.67 bits per heavy atom. The molecule has 2 nitrogen and oxygen atoms in total. The van der Waals surface area contributed by atoms with Gasteiger partial charge in [-0.1, -0.05) is 47.5 Å². The van der Waals surface area contributed by atoms with Gasteiger partial charge in [0.25, 0.3) is 0 Å². The van der Waals surface area contributed by atoms with Gasteiger partial charge in [-0.2, -0.15) is 0 Å². The molecular formula is C14H9Cl2F3O2. The number of hydrogen-bond donors (Lipinski definition) is 1. The van der Waals surface area contributed by atoms with Gasteiger partial charge >= 0.3 is 6.36 Å². The fourth-order valence-electron chi connectivity index (χ4n) is 1.81. The smallest absolute Gasteiger partial charge is 0.405 e. The quantitative estimate of drug-likeness (QED) is 0.857. The van der Waals surface area contributed by atoms with Crippen LogP contribution in [0.1, 0.15) is 17.2 Å². The van der Waals surface area contributed by atoms with E-state index < -0.39 is 18.2 Å². The van der Waals surface area contributed by atoms with Crippen molar-refractivity contribution >= 4 is 23.2 Å². The summed E-state index contributed by atoms with van der Waals surface area (Å²) in [4.78, 5) is 0. The van der Waals surface area contributed by atoms with E-state index in [1.807, 2.05) is 0 Å². The molecule has 0 bridgehead atoms. The van der Waals surface area contributed by atoms with Gasteiger partial charge in [0, 0.05) is 21.2 Å². The van der Waals surface area contributed by atoms with E-state index in [1.54, 1.807) is 0 Å². The number of alkyl halides is 3. The number of halogens is 5. The summed E-state index contributed by atoms with van der Waals surface area (Å²) in [5.74, 6) is -0.483. The zero-order valence-electron chi connectivity index (χ0n) is 10.4. The van der Waals surface area contributed by atoms with Crippen molar-refractivity contribution in [3.8, 4) is 5.75 Å². The third-order valence-corrected chi connectivity index (χ3v) is 3.26. The van der Waals surface area contributed by atoms with Crippen molar-refractivity contribution in [3.63, 3.8) is 0 Å². The maximum atomic E-state index is 12.4. The highest BCUT2D eigenvalue weighted by atomic mass is 35.5. The second-order valence-electron chi connectivity index (χ2n) is 4.15. The molecule has 1 N–H and O–H groups in total. The van der Waals surface area contributed by atoms with Crippen LogP contribution in [0.15, 0.2) is 42.5 Å². The van der Waals surface area contributed by atoms with Crippen LogP contribution in [0.2, 0.25) is 10.0 Å². The lowest BCUT2D eigenvalue weighted by Crippen LogP contribution is -2.18. The van der Waals surface area contributed by atoms with Gasteiger partial charge in [0.15, 0.2) is 0 Å². The summed E-state index contributed by atoms with van der Waals surface area (Å²) >= 11 is 11.7. The Bertz CT molecular complexity index is 644. The van der Waals surface area contributed by atoms with Crippen molar-refractivity contribution in [1.29, 1.82) is 0 Å². The number of para-hydroxylation sites is 1. The molecule has 1 atom stereocenters. The van der Waals surface area contributed by atoms with Gasteiger partial charge in [-0.25, -0.2) is 0 Å². The third-order valence-electron chi connectivity index (χ3n) is 2.70. The summed E-state index contributed by atoms with van der Waals surface area (Å²) in [5.41, 5.74) is 0.193. The lowest BCUT2D eigenvalue weighted by molar-refractivity contribution is -0.275. The fraction of sp³-hybridized carbons (Fsp3) is 0.143. The highest BCUT2D eigenvalue weighted by Crippen LogP contribution is 2.36. The molecule has 0 fully saturated rings. The van der Waals surface area contributed by atoms with Gasteiger partial charge in [0.05, 0.1) is 0 Å². The molecule has 0 aliphatic carbocycles. The van der Waals surface area contributed by atoms with Crippen molar-refractivity contribution < 1.29 is 23.0 Å². The average Bonchev–Trinajstić information content (AvgIpc) is 2.36. The summed E-state index contributed by atoms with van der Waals surface area (Å²) in [6.45, 7) is 0. The molecule has 2 aromatic rings. The van der Waals surface area contributed by atoms with Gasteiger partial charge < -0.3 is 9.84 Å². The van der Waals surface area contributed by atoms with Crippen LogP contribution in [-0.2, 0) is 0 Å². The molecule has 0 aromatic heterocycles. The minimum absolute atomic E-state index is 0.0425. The Morgan fingerprint density at radius 1 is 1.00 bits per heavy atom. The van der Waals surface area contributed by atoms with Crippen molar-refractivity contribution in [2.24, 2.45) is 0 Å². The number of hydrogen-bond acceptors (Lipinski definition) is 2. The summed E-state index contributed by atoms with van der Waals surface area (Å²) in [6, 6.07) is 9.65. The minimum Gasteiger partial charge on any atom is -0.405 e. The molecule has 0 aliphatic heterocycles. The van der Waals surface area contributed by atoms with Crippen LogP contribution < -0.4 is 4.74 Å². The van der Waals surface area contributed by atoms with Gasteiger partial charge in [-0.15, -0.1) is 13.2 Å². The Labute approximate surface area is 128 Å². The third kappa shape index (κ3) is 4.03. The van der Waals surface area contributed by atoms with E-state index >= 15 is 0 Å². The molecule has 0 heterocycles. The van der Waals surface area contributed by atoms with Crippen LogP contribution in [0.3, 0.4) is 0 Å². The average molecular weight is 337 g/mol. The molecule has 1 unspecified atom stereocenters. The lowest BCUT2D eigenvalue weighted by atomic mass is 10.0. The van der Waals surface area contributed by atoms with E-state index in [-0.39, 0.29) is 16.1 Å². The molecule has 0 aliphatic rings. The fourth-order valence-corrected chi connectivity index (χ4v) is 2.33.